The van der Waals surface area contributed by atoms with Gasteiger partial charge in [-0.3, -0.25) is 0 Å². The SMILES string of the molecule is CCCC=C[Si](OC)(OC)OCC. The highest BCUT2D eigenvalue weighted by Crippen LogP contribution is 2.09. The maximum Gasteiger partial charge on any atom is 0.528 e. The molecule has 0 atom stereocenters. The van der Waals surface area contributed by atoms with Crippen LogP contribution < -0.4 is 0 Å². The summed E-state index contributed by atoms with van der Waals surface area (Å²) in [5.41, 5.74) is 1.94. The maximum absolute atomic E-state index is 5.48. The first kappa shape index (κ1) is 12.8. The Balaban J connectivity index is 4.19. The highest BCUT2D eigenvalue weighted by atomic mass is 28.4. The first-order valence-corrected chi connectivity index (χ1v) is 6.46. The van der Waals surface area contributed by atoms with Crippen molar-refractivity contribution in [2.45, 2.75) is 26.7 Å². The van der Waals surface area contributed by atoms with E-state index in [0.29, 0.717) is 6.61 Å². The molecule has 0 heterocycles. The van der Waals surface area contributed by atoms with Crippen LogP contribution in [-0.2, 0) is 13.3 Å². The van der Waals surface area contributed by atoms with Crippen LogP contribution in [0, 0.1) is 0 Å². The molecule has 0 saturated heterocycles. The van der Waals surface area contributed by atoms with Crippen LogP contribution in [0.2, 0.25) is 0 Å². The molecule has 0 aliphatic rings. The van der Waals surface area contributed by atoms with Crippen LogP contribution in [0.4, 0.5) is 0 Å². The summed E-state index contributed by atoms with van der Waals surface area (Å²) in [6.45, 7) is 4.69. The zero-order valence-electron chi connectivity index (χ0n) is 9.00. The molecule has 0 unspecified atom stereocenters. The van der Waals surface area contributed by atoms with Gasteiger partial charge in [-0.25, -0.2) is 0 Å². The topological polar surface area (TPSA) is 27.7 Å². The lowest BCUT2D eigenvalue weighted by Gasteiger charge is -2.21. The Kier molecular flexibility index (Phi) is 7.17. The summed E-state index contributed by atoms with van der Waals surface area (Å²) in [5.74, 6) is 0. The fourth-order valence-corrected chi connectivity index (χ4v) is 2.61. The van der Waals surface area contributed by atoms with Gasteiger partial charge in [-0.2, -0.15) is 0 Å². The number of unbranched alkanes of at least 4 members (excludes halogenated alkanes) is 1. The van der Waals surface area contributed by atoms with E-state index >= 15 is 0 Å². The van der Waals surface area contributed by atoms with Gasteiger partial charge in [0.1, 0.15) is 0 Å². The Morgan fingerprint density at radius 1 is 1.15 bits per heavy atom. The van der Waals surface area contributed by atoms with Crippen LogP contribution in [0.15, 0.2) is 11.8 Å². The van der Waals surface area contributed by atoms with Crippen molar-refractivity contribution in [3.63, 3.8) is 0 Å². The third kappa shape index (κ3) is 4.57. The fraction of sp³-hybridized carbons (Fsp3) is 0.778. The number of rotatable bonds is 7. The quantitative estimate of drug-likeness (QED) is 0.595. The summed E-state index contributed by atoms with van der Waals surface area (Å²) >= 11 is 0. The van der Waals surface area contributed by atoms with Gasteiger partial charge in [0.05, 0.1) is 0 Å². The minimum absolute atomic E-state index is 0.615. The van der Waals surface area contributed by atoms with E-state index < -0.39 is 8.80 Å². The normalized spacial score (nSPS) is 12.6. The molecule has 0 radical (unpaired) electrons. The van der Waals surface area contributed by atoms with Gasteiger partial charge in [0.2, 0.25) is 0 Å². The molecule has 0 aromatic rings. The lowest BCUT2D eigenvalue weighted by molar-refractivity contribution is 0.118. The summed E-state index contributed by atoms with van der Waals surface area (Å²) < 4.78 is 16.0. The van der Waals surface area contributed by atoms with Crippen molar-refractivity contribution in [2.75, 3.05) is 20.8 Å². The van der Waals surface area contributed by atoms with Gasteiger partial charge >= 0.3 is 8.80 Å². The smallest absolute Gasteiger partial charge is 0.374 e. The van der Waals surface area contributed by atoms with E-state index in [1.54, 1.807) is 14.2 Å². The molecule has 78 valence electrons. The molecule has 0 saturated carbocycles. The molecule has 13 heavy (non-hydrogen) atoms. The Morgan fingerprint density at radius 2 is 1.77 bits per heavy atom. The van der Waals surface area contributed by atoms with E-state index in [2.05, 4.69) is 13.0 Å². The van der Waals surface area contributed by atoms with E-state index in [1.807, 2.05) is 12.6 Å². The van der Waals surface area contributed by atoms with Crippen LogP contribution in [0.3, 0.4) is 0 Å². The Bertz CT molecular complexity index is 144. The van der Waals surface area contributed by atoms with E-state index in [9.17, 15) is 0 Å². The summed E-state index contributed by atoms with van der Waals surface area (Å²) in [4.78, 5) is 0. The second kappa shape index (κ2) is 7.26. The molecule has 0 rings (SSSR count). The number of hydrogen-bond donors (Lipinski definition) is 0. The molecule has 0 N–H and O–H groups in total. The predicted octanol–water partition coefficient (Wildman–Crippen LogP) is 2.15. The van der Waals surface area contributed by atoms with E-state index in [4.69, 9.17) is 13.3 Å². The van der Waals surface area contributed by atoms with Crippen LogP contribution in [0.25, 0.3) is 0 Å². The Hall–Kier alpha value is -0.163. The first-order valence-electron chi connectivity index (χ1n) is 4.66. The molecule has 0 spiro atoms. The highest BCUT2D eigenvalue weighted by Gasteiger charge is 2.34. The standard InChI is InChI=1S/C9H20O3Si/c1-5-7-8-9-13(10-3,11-4)12-6-2/h8-9H,5-7H2,1-4H3. The molecule has 4 heteroatoms. The Morgan fingerprint density at radius 3 is 2.15 bits per heavy atom. The molecule has 0 aliphatic heterocycles. The van der Waals surface area contributed by atoms with Crippen LogP contribution >= 0.6 is 0 Å². The first-order chi connectivity index (χ1) is 6.24. The second-order valence-electron chi connectivity index (χ2n) is 2.64. The number of allylic oxidation sites excluding steroid dienone is 1. The monoisotopic (exact) mass is 204 g/mol. The van der Waals surface area contributed by atoms with Gasteiger partial charge < -0.3 is 13.3 Å². The average molecular weight is 204 g/mol. The summed E-state index contributed by atoms with van der Waals surface area (Å²) in [5, 5.41) is 0. The van der Waals surface area contributed by atoms with Crippen molar-refractivity contribution >= 4 is 8.80 Å². The van der Waals surface area contributed by atoms with Gasteiger partial charge in [-0.05, 0) is 19.0 Å². The van der Waals surface area contributed by atoms with Crippen molar-refractivity contribution < 1.29 is 13.3 Å². The molecule has 0 bridgehead atoms. The summed E-state index contributed by atoms with van der Waals surface area (Å²) in [6, 6.07) is 0. The van der Waals surface area contributed by atoms with Gasteiger partial charge in [0.15, 0.2) is 0 Å². The van der Waals surface area contributed by atoms with Crippen molar-refractivity contribution in [1.29, 1.82) is 0 Å². The molecule has 0 fully saturated rings. The average Bonchev–Trinajstić information content (AvgIpc) is 2.17. The van der Waals surface area contributed by atoms with Crippen LogP contribution in [0.5, 0.6) is 0 Å². The maximum atomic E-state index is 5.48. The lowest BCUT2D eigenvalue weighted by atomic mass is 10.3. The van der Waals surface area contributed by atoms with E-state index in [0.717, 1.165) is 12.8 Å². The van der Waals surface area contributed by atoms with Gasteiger partial charge in [-0.1, -0.05) is 19.4 Å². The van der Waals surface area contributed by atoms with Gasteiger partial charge in [-0.15, -0.1) is 0 Å². The predicted molar refractivity (Wildman–Crippen MR) is 55.4 cm³/mol. The number of hydrogen-bond acceptors (Lipinski definition) is 3. The lowest BCUT2D eigenvalue weighted by Crippen LogP contribution is -2.42. The van der Waals surface area contributed by atoms with Crippen molar-refractivity contribution in [2.24, 2.45) is 0 Å². The van der Waals surface area contributed by atoms with Gasteiger partial charge in [0.25, 0.3) is 0 Å². The molecule has 0 aromatic carbocycles. The van der Waals surface area contributed by atoms with Crippen LogP contribution in [-0.4, -0.2) is 29.6 Å². The van der Waals surface area contributed by atoms with Crippen molar-refractivity contribution in [3.8, 4) is 0 Å². The van der Waals surface area contributed by atoms with Crippen molar-refractivity contribution in [3.05, 3.63) is 11.8 Å². The molecular formula is C9H20O3Si. The summed E-state index contributed by atoms with van der Waals surface area (Å²) in [7, 11) is 0.792. The Labute approximate surface area is 82.1 Å². The molecule has 0 aromatic heterocycles. The summed E-state index contributed by atoms with van der Waals surface area (Å²) in [6.07, 6.45) is 4.23. The molecule has 0 aliphatic carbocycles. The molecule has 0 amide bonds. The zero-order valence-corrected chi connectivity index (χ0v) is 10.0. The largest absolute Gasteiger partial charge is 0.528 e. The zero-order chi connectivity index (χ0) is 10.2. The minimum atomic E-state index is -2.46. The molecule has 3 nitrogen and oxygen atoms in total. The van der Waals surface area contributed by atoms with E-state index in [-0.39, 0.29) is 0 Å². The molecular weight excluding hydrogens is 184 g/mol. The second-order valence-corrected chi connectivity index (χ2v) is 5.28. The fourth-order valence-electron chi connectivity index (χ4n) is 0.981. The van der Waals surface area contributed by atoms with Gasteiger partial charge in [0, 0.05) is 20.8 Å². The minimum Gasteiger partial charge on any atom is -0.374 e. The van der Waals surface area contributed by atoms with Crippen LogP contribution in [0.1, 0.15) is 26.7 Å². The highest BCUT2D eigenvalue weighted by molar-refractivity contribution is 6.66. The third-order valence-electron chi connectivity index (χ3n) is 1.69. The van der Waals surface area contributed by atoms with E-state index in [1.165, 1.54) is 0 Å². The third-order valence-corrected chi connectivity index (χ3v) is 4.16. The van der Waals surface area contributed by atoms with Crippen molar-refractivity contribution in [1.82, 2.24) is 0 Å².